The van der Waals surface area contributed by atoms with Crippen LogP contribution in [0.1, 0.15) is 26.7 Å². The first-order valence-corrected chi connectivity index (χ1v) is 7.94. The maximum absolute atomic E-state index is 12.0. The van der Waals surface area contributed by atoms with E-state index >= 15 is 0 Å². The van der Waals surface area contributed by atoms with Gasteiger partial charge in [0.05, 0.1) is 14.9 Å². The van der Waals surface area contributed by atoms with Gasteiger partial charge in [0, 0.05) is 10.9 Å². The fourth-order valence-corrected chi connectivity index (χ4v) is 4.08. The summed E-state index contributed by atoms with van der Waals surface area (Å²) in [6.07, 6.45) is 2.71. The summed E-state index contributed by atoms with van der Waals surface area (Å²) in [5, 5.41) is 3.47. The lowest BCUT2D eigenvalue weighted by Gasteiger charge is -2.15. The molecular formula is C12H12ClN3OS2. The fraction of sp³-hybridized carbons (Fsp3) is 0.333. The summed E-state index contributed by atoms with van der Waals surface area (Å²) in [5.74, 6) is -0.160. The van der Waals surface area contributed by atoms with Gasteiger partial charge in [-0.2, -0.15) is 0 Å². The molecule has 4 nitrogen and oxygen atoms in total. The summed E-state index contributed by atoms with van der Waals surface area (Å²) in [7, 11) is 0. The van der Waals surface area contributed by atoms with E-state index in [1.807, 2.05) is 0 Å². The molecule has 0 saturated heterocycles. The van der Waals surface area contributed by atoms with E-state index in [1.54, 1.807) is 12.1 Å². The molecule has 1 aliphatic carbocycles. The maximum Gasteiger partial charge on any atom is 0.267 e. The van der Waals surface area contributed by atoms with Crippen LogP contribution in [0.5, 0.6) is 0 Å². The predicted octanol–water partition coefficient (Wildman–Crippen LogP) is 2.93. The lowest BCUT2D eigenvalue weighted by molar-refractivity contribution is 0.103. The van der Waals surface area contributed by atoms with Gasteiger partial charge in [-0.1, -0.05) is 11.6 Å². The number of anilines is 1. The molecule has 0 aromatic carbocycles. The van der Waals surface area contributed by atoms with Gasteiger partial charge in [-0.3, -0.25) is 10.1 Å². The van der Waals surface area contributed by atoms with Gasteiger partial charge in [-0.15, -0.1) is 22.7 Å². The van der Waals surface area contributed by atoms with Crippen LogP contribution in [0.4, 0.5) is 5.13 Å². The van der Waals surface area contributed by atoms with E-state index in [-0.39, 0.29) is 11.9 Å². The van der Waals surface area contributed by atoms with Gasteiger partial charge in [0.1, 0.15) is 0 Å². The molecule has 1 atom stereocenters. The molecule has 0 radical (unpaired) electrons. The highest BCUT2D eigenvalue weighted by atomic mass is 35.5. The van der Waals surface area contributed by atoms with Crippen LogP contribution in [0.15, 0.2) is 12.1 Å². The van der Waals surface area contributed by atoms with E-state index in [0.717, 1.165) is 25.0 Å². The lowest BCUT2D eigenvalue weighted by atomic mass is 9.99. The second-order valence-electron chi connectivity index (χ2n) is 4.45. The Bertz CT molecular complexity index is 622. The zero-order valence-electron chi connectivity index (χ0n) is 9.98. The number of thiophene rings is 1. The Morgan fingerprint density at radius 3 is 3.05 bits per heavy atom. The second kappa shape index (κ2) is 5.20. The molecule has 0 bridgehead atoms. The first kappa shape index (κ1) is 13.1. The Morgan fingerprint density at radius 2 is 2.32 bits per heavy atom. The van der Waals surface area contributed by atoms with Crippen molar-refractivity contribution < 1.29 is 4.79 Å². The summed E-state index contributed by atoms with van der Waals surface area (Å²) in [6, 6.07) is 3.64. The van der Waals surface area contributed by atoms with Crippen molar-refractivity contribution in [2.45, 2.75) is 25.3 Å². The number of thiazole rings is 1. The molecule has 0 saturated carbocycles. The van der Waals surface area contributed by atoms with Crippen molar-refractivity contribution in [1.29, 1.82) is 0 Å². The van der Waals surface area contributed by atoms with Crippen LogP contribution in [-0.4, -0.2) is 16.9 Å². The highest BCUT2D eigenvalue weighted by molar-refractivity contribution is 7.18. The van der Waals surface area contributed by atoms with E-state index in [1.165, 1.54) is 27.6 Å². The van der Waals surface area contributed by atoms with Crippen molar-refractivity contribution in [3.8, 4) is 0 Å². The molecule has 7 heteroatoms. The molecule has 100 valence electrons. The van der Waals surface area contributed by atoms with Gasteiger partial charge in [0.2, 0.25) is 0 Å². The molecule has 2 heterocycles. The third-order valence-corrected chi connectivity index (χ3v) is 5.26. The smallest absolute Gasteiger partial charge is 0.267 e. The number of nitrogens with zero attached hydrogens (tertiary/aromatic N) is 1. The Balaban J connectivity index is 1.75. The van der Waals surface area contributed by atoms with Gasteiger partial charge in [-0.05, 0) is 31.4 Å². The predicted molar refractivity (Wildman–Crippen MR) is 79.4 cm³/mol. The molecule has 0 unspecified atom stereocenters. The van der Waals surface area contributed by atoms with Crippen LogP contribution in [0.3, 0.4) is 0 Å². The monoisotopic (exact) mass is 313 g/mol. The van der Waals surface area contributed by atoms with Crippen molar-refractivity contribution >= 4 is 45.3 Å². The molecule has 3 N–H and O–H groups in total. The summed E-state index contributed by atoms with van der Waals surface area (Å²) in [6.45, 7) is 0. The number of nitrogens with one attached hydrogen (secondary N) is 1. The molecule has 19 heavy (non-hydrogen) atoms. The van der Waals surface area contributed by atoms with Crippen LogP contribution >= 0.6 is 34.3 Å². The minimum atomic E-state index is -0.160. The zero-order chi connectivity index (χ0) is 13.4. The van der Waals surface area contributed by atoms with E-state index in [2.05, 4.69) is 10.3 Å². The average Bonchev–Trinajstić information content (AvgIpc) is 2.94. The number of hydrogen-bond donors (Lipinski definition) is 2. The third-order valence-electron chi connectivity index (χ3n) is 3.00. The lowest BCUT2D eigenvalue weighted by Crippen LogP contribution is -2.26. The van der Waals surface area contributed by atoms with E-state index in [4.69, 9.17) is 17.3 Å². The number of nitrogens with two attached hydrogens (primary N) is 1. The SMILES string of the molecule is N[C@H]1CCc2nc(NC(=O)c3ccc(Cl)s3)sc2C1. The van der Waals surface area contributed by atoms with Crippen LogP contribution in [-0.2, 0) is 12.8 Å². The minimum absolute atomic E-state index is 0.160. The second-order valence-corrected chi connectivity index (χ2v) is 7.25. The zero-order valence-corrected chi connectivity index (χ0v) is 12.4. The maximum atomic E-state index is 12.0. The molecule has 1 amide bonds. The van der Waals surface area contributed by atoms with E-state index in [0.29, 0.717) is 14.3 Å². The number of carbonyl (C=O) groups excluding carboxylic acids is 1. The third kappa shape index (κ3) is 2.81. The Hall–Kier alpha value is -0.950. The minimum Gasteiger partial charge on any atom is -0.327 e. The number of aryl methyl sites for hydroxylation is 1. The number of rotatable bonds is 2. The van der Waals surface area contributed by atoms with Crippen molar-refractivity contribution in [3.63, 3.8) is 0 Å². The number of carbonyl (C=O) groups is 1. The molecule has 0 fully saturated rings. The molecule has 1 aliphatic rings. The van der Waals surface area contributed by atoms with Crippen molar-refractivity contribution in [3.05, 3.63) is 31.9 Å². The van der Waals surface area contributed by atoms with Gasteiger partial charge >= 0.3 is 0 Å². The van der Waals surface area contributed by atoms with Crippen molar-refractivity contribution in [2.24, 2.45) is 5.73 Å². The van der Waals surface area contributed by atoms with Crippen molar-refractivity contribution in [2.75, 3.05) is 5.32 Å². The quantitative estimate of drug-likeness (QED) is 0.895. The van der Waals surface area contributed by atoms with Gasteiger partial charge in [0.15, 0.2) is 5.13 Å². The fourth-order valence-electron chi connectivity index (χ4n) is 2.05. The summed E-state index contributed by atoms with van der Waals surface area (Å²) in [5.41, 5.74) is 7.01. The molecule has 3 rings (SSSR count). The van der Waals surface area contributed by atoms with Gasteiger partial charge in [-0.25, -0.2) is 4.98 Å². The van der Waals surface area contributed by atoms with E-state index < -0.39 is 0 Å². The topological polar surface area (TPSA) is 68.0 Å². The molecule has 0 aliphatic heterocycles. The number of fused-ring (bicyclic) bond motifs is 1. The van der Waals surface area contributed by atoms with Crippen LogP contribution in [0, 0.1) is 0 Å². The molecule has 2 aromatic rings. The summed E-state index contributed by atoms with van der Waals surface area (Å²) in [4.78, 5) is 18.2. The van der Waals surface area contributed by atoms with Gasteiger partial charge < -0.3 is 5.73 Å². The van der Waals surface area contributed by atoms with Crippen LogP contribution in [0.2, 0.25) is 4.34 Å². The normalized spacial score (nSPS) is 18.1. The first-order valence-electron chi connectivity index (χ1n) is 5.92. The first-order chi connectivity index (χ1) is 9.11. The average molecular weight is 314 g/mol. The molecule has 0 spiro atoms. The molecular weight excluding hydrogens is 302 g/mol. The standard InChI is InChI=1S/C12H12ClN3OS2/c13-10-4-3-8(18-10)11(17)16-12-15-7-2-1-6(14)5-9(7)19-12/h3-4,6H,1-2,5,14H2,(H,15,16,17)/t6-/m0/s1. The van der Waals surface area contributed by atoms with Crippen LogP contribution in [0.25, 0.3) is 0 Å². The number of hydrogen-bond acceptors (Lipinski definition) is 5. The molecule has 2 aromatic heterocycles. The highest BCUT2D eigenvalue weighted by Gasteiger charge is 2.21. The van der Waals surface area contributed by atoms with E-state index in [9.17, 15) is 4.79 Å². The number of halogens is 1. The summed E-state index contributed by atoms with van der Waals surface area (Å²) < 4.78 is 0.606. The van der Waals surface area contributed by atoms with Crippen LogP contribution < -0.4 is 11.1 Å². The van der Waals surface area contributed by atoms with Crippen molar-refractivity contribution in [1.82, 2.24) is 4.98 Å². The summed E-state index contributed by atoms with van der Waals surface area (Å²) >= 11 is 8.60. The van der Waals surface area contributed by atoms with Gasteiger partial charge in [0.25, 0.3) is 5.91 Å². The highest BCUT2D eigenvalue weighted by Crippen LogP contribution is 2.30. The Labute approximate surface area is 123 Å². The number of aromatic nitrogens is 1. The Kier molecular flexibility index (Phi) is 3.58. The largest absolute Gasteiger partial charge is 0.327 e. The number of amides is 1. The Morgan fingerprint density at radius 1 is 1.47 bits per heavy atom.